The van der Waals surface area contributed by atoms with E-state index >= 15 is 0 Å². The van der Waals surface area contributed by atoms with Crippen LogP contribution in [0.25, 0.3) is 0 Å². The summed E-state index contributed by atoms with van der Waals surface area (Å²) in [6.45, 7) is 3.95. The van der Waals surface area contributed by atoms with Crippen molar-refractivity contribution in [2.45, 2.75) is 0 Å². The van der Waals surface area contributed by atoms with Crippen molar-refractivity contribution in [3.8, 4) is 0 Å². The minimum atomic E-state index is -0.543. The van der Waals surface area contributed by atoms with Crippen molar-refractivity contribution in [2.24, 2.45) is 0 Å². The van der Waals surface area contributed by atoms with Crippen molar-refractivity contribution >= 4 is 39.0 Å². The van der Waals surface area contributed by atoms with Gasteiger partial charge in [-0.05, 0) is 0 Å². The first-order valence-corrected chi connectivity index (χ1v) is 5.05. The van der Waals surface area contributed by atoms with Crippen molar-refractivity contribution < 1.29 is 4.92 Å². The quantitative estimate of drug-likeness (QED) is 0.684. The van der Waals surface area contributed by atoms with Gasteiger partial charge in [-0.25, -0.2) is 4.98 Å². The standard InChI is InChI=1S/C8H7BrClN3O2/c1-5(9)3-11-8-7(13(14)15)2-6(10)4-12-8/h2,4H,1,3H2,(H,11,12). The highest BCUT2D eigenvalue weighted by atomic mass is 79.9. The molecule has 80 valence electrons. The van der Waals surface area contributed by atoms with Crippen LogP contribution in [-0.4, -0.2) is 16.5 Å². The lowest BCUT2D eigenvalue weighted by Gasteiger charge is -2.04. The molecule has 1 aromatic heterocycles. The Kier molecular flexibility index (Phi) is 4.05. The summed E-state index contributed by atoms with van der Waals surface area (Å²) >= 11 is 8.73. The molecule has 0 aliphatic rings. The molecule has 7 heteroatoms. The molecule has 1 aromatic rings. The summed E-state index contributed by atoms with van der Waals surface area (Å²) in [5.41, 5.74) is -0.156. The third-order valence-corrected chi connectivity index (χ3v) is 1.97. The average Bonchev–Trinajstić information content (AvgIpc) is 2.15. The summed E-state index contributed by atoms with van der Waals surface area (Å²) in [5.74, 6) is 0.171. The maximum Gasteiger partial charge on any atom is 0.312 e. The van der Waals surface area contributed by atoms with Crippen LogP contribution < -0.4 is 5.32 Å². The summed E-state index contributed by atoms with van der Waals surface area (Å²) < 4.78 is 0.675. The van der Waals surface area contributed by atoms with Crippen molar-refractivity contribution in [2.75, 3.05) is 11.9 Å². The molecule has 0 unspecified atom stereocenters. The number of nitro groups is 1. The van der Waals surface area contributed by atoms with Crippen LogP contribution in [0.15, 0.2) is 23.3 Å². The maximum absolute atomic E-state index is 10.7. The average molecular weight is 293 g/mol. The Labute approximate surface area is 99.4 Å². The second kappa shape index (κ2) is 5.09. The third kappa shape index (κ3) is 3.49. The van der Waals surface area contributed by atoms with E-state index in [9.17, 15) is 10.1 Å². The van der Waals surface area contributed by atoms with Crippen molar-refractivity contribution in [1.29, 1.82) is 0 Å². The Morgan fingerprint density at radius 2 is 2.47 bits per heavy atom. The lowest BCUT2D eigenvalue weighted by molar-refractivity contribution is -0.384. The smallest absolute Gasteiger partial charge is 0.312 e. The summed E-state index contributed by atoms with van der Waals surface area (Å²) in [7, 11) is 0. The number of nitrogens with zero attached hydrogens (tertiary/aromatic N) is 2. The van der Waals surface area contributed by atoms with Crippen LogP contribution in [0, 0.1) is 10.1 Å². The number of hydrogen-bond acceptors (Lipinski definition) is 4. The highest BCUT2D eigenvalue weighted by Crippen LogP contribution is 2.25. The van der Waals surface area contributed by atoms with Crippen molar-refractivity contribution in [3.05, 3.63) is 38.5 Å². The minimum absolute atomic E-state index is 0.156. The molecule has 0 saturated heterocycles. The van der Waals surface area contributed by atoms with Crippen LogP contribution >= 0.6 is 27.5 Å². The molecule has 0 spiro atoms. The predicted octanol–water partition coefficient (Wildman–Crippen LogP) is 2.96. The number of nitrogens with one attached hydrogen (secondary N) is 1. The largest absolute Gasteiger partial charge is 0.360 e. The van der Waals surface area contributed by atoms with E-state index in [-0.39, 0.29) is 16.5 Å². The van der Waals surface area contributed by atoms with Crippen LogP contribution in [0.1, 0.15) is 0 Å². The van der Waals surface area contributed by atoms with Gasteiger partial charge < -0.3 is 5.32 Å². The Balaban J connectivity index is 2.95. The first kappa shape index (κ1) is 11.9. The zero-order chi connectivity index (χ0) is 11.4. The molecule has 5 nitrogen and oxygen atoms in total. The zero-order valence-corrected chi connectivity index (χ0v) is 9.88. The molecule has 1 rings (SSSR count). The molecule has 0 aromatic carbocycles. The molecule has 1 N–H and O–H groups in total. The summed E-state index contributed by atoms with van der Waals surface area (Å²) in [6, 6.07) is 1.24. The number of anilines is 1. The van der Waals surface area contributed by atoms with Crippen LogP contribution in [-0.2, 0) is 0 Å². The van der Waals surface area contributed by atoms with E-state index in [1.54, 1.807) is 0 Å². The Morgan fingerprint density at radius 1 is 1.80 bits per heavy atom. The highest BCUT2D eigenvalue weighted by molar-refractivity contribution is 9.11. The van der Waals surface area contributed by atoms with Crippen LogP contribution in [0.5, 0.6) is 0 Å². The van der Waals surface area contributed by atoms with Gasteiger partial charge in [0.05, 0.1) is 9.95 Å². The first-order chi connectivity index (χ1) is 7.00. The first-order valence-electron chi connectivity index (χ1n) is 3.88. The van der Waals surface area contributed by atoms with E-state index in [4.69, 9.17) is 11.6 Å². The number of pyridine rings is 1. The van der Waals surface area contributed by atoms with Gasteiger partial charge in [0.15, 0.2) is 0 Å². The topological polar surface area (TPSA) is 68.1 Å². The van der Waals surface area contributed by atoms with Gasteiger partial charge in [-0.2, -0.15) is 0 Å². The second-order valence-corrected chi connectivity index (χ2v) is 4.21. The van der Waals surface area contributed by atoms with Gasteiger partial charge in [-0.3, -0.25) is 10.1 Å². The SMILES string of the molecule is C=C(Br)CNc1ncc(Cl)cc1[N+](=O)[O-]. The molecule has 0 fully saturated rings. The Bertz CT molecular complexity index is 411. The number of aromatic nitrogens is 1. The Hall–Kier alpha value is -1.14. The van der Waals surface area contributed by atoms with Gasteiger partial charge in [-0.15, -0.1) is 0 Å². The maximum atomic E-state index is 10.7. The number of halogens is 2. The molecule has 0 atom stereocenters. The molecule has 0 bridgehead atoms. The molecule has 0 aliphatic heterocycles. The summed E-state index contributed by atoms with van der Waals surface area (Å²) in [6.07, 6.45) is 1.34. The minimum Gasteiger partial charge on any atom is -0.360 e. The second-order valence-electron chi connectivity index (χ2n) is 2.65. The van der Waals surface area contributed by atoms with Crippen molar-refractivity contribution in [3.63, 3.8) is 0 Å². The fourth-order valence-electron chi connectivity index (χ4n) is 0.884. The fraction of sp³-hybridized carbons (Fsp3) is 0.125. The number of hydrogen-bond donors (Lipinski definition) is 1. The monoisotopic (exact) mass is 291 g/mol. The van der Waals surface area contributed by atoms with E-state index in [0.29, 0.717) is 11.0 Å². The van der Waals surface area contributed by atoms with Gasteiger partial charge in [0.2, 0.25) is 5.82 Å². The lowest BCUT2D eigenvalue weighted by atomic mass is 10.4. The highest BCUT2D eigenvalue weighted by Gasteiger charge is 2.15. The van der Waals surface area contributed by atoms with Gasteiger partial charge in [0.1, 0.15) is 0 Å². The fourth-order valence-corrected chi connectivity index (χ4v) is 1.18. The Morgan fingerprint density at radius 3 is 3.00 bits per heavy atom. The third-order valence-electron chi connectivity index (χ3n) is 1.48. The number of rotatable bonds is 4. The lowest BCUT2D eigenvalue weighted by Crippen LogP contribution is -2.05. The van der Waals surface area contributed by atoms with Crippen LogP contribution in [0.2, 0.25) is 5.02 Å². The zero-order valence-electron chi connectivity index (χ0n) is 7.54. The van der Waals surface area contributed by atoms with Crippen LogP contribution in [0.4, 0.5) is 11.5 Å². The molecule has 0 saturated carbocycles. The predicted molar refractivity (Wildman–Crippen MR) is 62.5 cm³/mol. The molecular formula is C8H7BrClN3O2. The van der Waals surface area contributed by atoms with Gasteiger partial charge in [0.25, 0.3) is 0 Å². The molecular weight excluding hydrogens is 285 g/mol. The molecule has 1 heterocycles. The molecule has 0 radical (unpaired) electrons. The van der Waals surface area contributed by atoms with Crippen molar-refractivity contribution in [1.82, 2.24) is 4.98 Å². The van der Waals surface area contributed by atoms with E-state index in [2.05, 4.69) is 32.8 Å². The molecule has 0 aliphatic carbocycles. The van der Waals surface area contributed by atoms with Gasteiger partial charge in [-0.1, -0.05) is 34.1 Å². The van der Waals surface area contributed by atoms with E-state index in [1.807, 2.05) is 0 Å². The summed E-state index contributed by atoms with van der Waals surface area (Å²) in [5, 5.41) is 13.6. The van der Waals surface area contributed by atoms with E-state index in [0.717, 1.165) is 0 Å². The van der Waals surface area contributed by atoms with Crippen LogP contribution in [0.3, 0.4) is 0 Å². The summed E-state index contributed by atoms with van der Waals surface area (Å²) in [4.78, 5) is 13.9. The van der Waals surface area contributed by atoms with E-state index in [1.165, 1.54) is 12.3 Å². The molecule has 15 heavy (non-hydrogen) atoms. The normalized spacial score (nSPS) is 9.73. The van der Waals surface area contributed by atoms with E-state index < -0.39 is 4.92 Å². The van der Waals surface area contributed by atoms with Gasteiger partial charge >= 0.3 is 5.69 Å². The molecule has 0 amide bonds. The van der Waals surface area contributed by atoms with Gasteiger partial charge in [0, 0.05) is 23.3 Å².